The van der Waals surface area contributed by atoms with E-state index < -0.39 is 28.9 Å². The van der Waals surface area contributed by atoms with Gasteiger partial charge in [-0.15, -0.1) is 0 Å². The summed E-state index contributed by atoms with van der Waals surface area (Å²) in [7, 11) is 0. The molecule has 7 nitrogen and oxygen atoms in total. The van der Waals surface area contributed by atoms with Crippen molar-refractivity contribution < 1.29 is 32.4 Å². The van der Waals surface area contributed by atoms with Gasteiger partial charge in [0.2, 0.25) is 11.4 Å². The van der Waals surface area contributed by atoms with Gasteiger partial charge in [0.15, 0.2) is 17.9 Å². The number of ether oxygens (including phenoxy) is 2. The molecule has 2 aromatic rings. The summed E-state index contributed by atoms with van der Waals surface area (Å²) >= 11 is 0. The van der Waals surface area contributed by atoms with Crippen LogP contribution in [-0.2, 0) is 9.47 Å². The summed E-state index contributed by atoms with van der Waals surface area (Å²) in [5.41, 5.74) is -0.909. The molecule has 9 heteroatoms. The number of aromatic nitrogens is 1. The van der Waals surface area contributed by atoms with Crippen LogP contribution in [0, 0.1) is 17.6 Å². The zero-order valence-corrected chi connectivity index (χ0v) is 13.0. The van der Waals surface area contributed by atoms with E-state index in [9.17, 15) is 18.4 Å². The lowest BCUT2D eigenvalue weighted by atomic mass is 9.91. The third-order valence-corrected chi connectivity index (χ3v) is 4.73. The Morgan fingerprint density at radius 2 is 2.00 bits per heavy atom. The number of halogens is 2. The van der Waals surface area contributed by atoms with Crippen molar-refractivity contribution in [3.63, 3.8) is 0 Å². The van der Waals surface area contributed by atoms with Crippen molar-refractivity contribution in [2.45, 2.75) is 18.9 Å². The van der Waals surface area contributed by atoms with Crippen molar-refractivity contribution in [1.29, 1.82) is 0 Å². The van der Waals surface area contributed by atoms with Crippen LogP contribution >= 0.6 is 0 Å². The fraction of sp³-hybridized carbons (Fsp3) is 0.438. The second-order valence-corrected chi connectivity index (χ2v) is 6.06. The van der Waals surface area contributed by atoms with Crippen LogP contribution in [0.3, 0.4) is 0 Å². The molecule has 1 atom stereocenters. The number of carbonyl (C=O) groups is 2. The minimum Gasteiger partial charge on any atom is -0.447 e. The minimum atomic E-state index is -1.31. The molecule has 0 aliphatic carbocycles. The molecule has 0 bridgehead atoms. The number of cyclic esters (lactones) is 1. The van der Waals surface area contributed by atoms with Gasteiger partial charge in [0.25, 0.3) is 0 Å². The van der Waals surface area contributed by atoms with Crippen LogP contribution in [0.15, 0.2) is 10.6 Å². The Kier molecular flexibility index (Phi) is 3.87. The van der Waals surface area contributed by atoms with Crippen molar-refractivity contribution in [3.05, 3.63) is 23.3 Å². The Labute approximate surface area is 140 Å². The number of benzene rings is 1. The first-order valence-electron chi connectivity index (χ1n) is 7.88. The first kappa shape index (κ1) is 15.9. The maximum Gasteiger partial charge on any atom is 0.416 e. The molecule has 0 spiro atoms. The monoisotopic (exact) mass is 352 g/mol. The van der Waals surface area contributed by atoms with E-state index in [1.54, 1.807) is 0 Å². The number of amides is 1. The van der Waals surface area contributed by atoms with E-state index in [1.165, 1.54) is 4.90 Å². The Morgan fingerprint density at radius 1 is 1.24 bits per heavy atom. The third kappa shape index (κ3) is 2.46. The average molecular weight is 352 g/mol. The molecule has 1 aromatic heterocycles. The number of anilines is 1. The van der Waals surface area contributed by atoms with E-state index in [0.29, 0.717) is 13.2 Å². The highest BCUT2D eigenvalue weighted by Crippen LogP contribution is 2.36. The Bertz CT molecular complexity index is 847. The summed E-state index contributed by atoms with van der Waals surface area (Å²) in [6.45, 7) is 1.33. The van der Waals surface area contributed by atoms with Crippen molar-refractivity contribution in [2.75, 3.05) is 24.7 Å². The normalized spacial score (nSPS) is 21.8. The van der Waals surface area contributed by atoms with Crippen LogP contribution in [0.25, 0.3) is 11.0 Å². The molecule has 1 unspecified atom stereocenters. The van der Waals surface area contributed by atoms with Gasteiger partial charge in [-0.25, -0.2) is 9.18 Å². The molecule has 2 saturated heterocycles. The fourth-order valence-corrected chi connectivity index (χ4v) is 3.41. The van der Waals surface area contributed by atoms with Gasteiger partial charge in [0, 0.05) is 13.2 Å². The highest BCUT2D eigenvalue weighted by molar-refractivity contribution is 6.01. The number of hydrogen-bond acceptors (Lipinski definition) is 6. The van der Waals surface area contributed by atoms with Gasteiger partial charge in [0.05, 0.1) is 17.0 Å². The highest BCUT2D eigenvalue weighted by atomic mass is 19.2. The topological polar surface area (TPSA) is 81.9 Å². The molecule has 0 N–H and O–H groups in total. The predicted octanol–water partition coefficient (Wildman–Crippen LogP) is 2.67. The number of aldehydes is 1. The number of rotatable bonds is 3. The van der Waals surface area contributed by atoms with Crippen LogP contribution in [0.4, 0.5) is 19.4 Å². The quantitative estimate of drug-likeness (QED) is 0.790. The zero-order chi connectivity index (χ0) is 17.6. The zero-order valence-electron chi connectivity index (χ0n) is 13.0. The lowest BCUT2D eigenvalue weighted by Crippen LogP contribution is -2.41. The molecule has 3 heterocycles. The van der Waals surface area contributed by atoms with Gasteiger partial charge in [-0.1, -0.05) is 5.16 Å². The lowest BCUT2D eigenvalue weighted by Gasteiger charge is -2.30. The van der Waals surface area contributed by atoms with E-state index in [4.69, 9.17) is 14.0 Å². The van der Waals surface area contributed by atoms with Gasteiger partial charge >= 0.3 is 6.09 Å². The van der Waals surface area contributed by atoms with Gasteiger partial charge in [-0.3, -0.25) is 9.69 Å². The second kappa shape index (κ2) is 6.07. The molecule has 4 rings (SSSR count). The standard InChI is InChI=1S/C16H14F2N2O5/c17-12-9(6-21)5-10-14(13(12)18)25-19-15(10)20-11(7-24-16(20)22)8-1-3-23-4-2-8/h5-6,8,11H,1-4,7H2. The molecular formula is C16H14F2N2O5. The van der Waals surface area contributed by atoms with Crippen LogP contribution < -0.4 is 4.90 Å². The largest absolute Gasteiger partial charge is 0.447 e. The molecular weight excluding hydrogens is 338 g/mol. The molecule has 2 aliphatic rings. The van der Waals surface area contributed by atoms with E-state index >= 15 is 0 Å². The van der Waals surface area contributed by atoms with Gasteiger partial charge in [0.1, 0.15) is 6.61 Å². The van der Waals surface area contributed by atoms with E-state index in [-0.39, 0.29) is 36.1 Å². The number of carbonyl (C=O) groups excluding carboxylic acids is 2. The maximum atomic E-state index is 14.1. The summed E-state index contributed by atoms with van der Waals surface area (Å²) in [5, 5.41) is 3.80. The van der Waals surface area contributed by atoms with Crippen LogP contribution in [0.5, 0.6) is 0 Å². The first-order chi connectivity index (χ1) is 12.1. The molecule has 0 saturated carbocycles. The fourth-order valence-electron chi connectivity index (χ4n) is 3.41. The molecule has 0 radical (unpaired) electrons. The first-order valence-corrected chi connectivity index (χ1v) is 7.88. The lowest BCUT2D eigenvalue weighted by molar-refractivity contribution is 0.0564. The van der Waals surface area contributed by atoms with Crippen LogP contribution in [0.1, 0.15) is 23.2 Å². The Hall–Kier alpha value is -2.55. The molecule has 2 fully saturated rings. The van der Waals surface area contributed by atoms with Crippen molar-refractivity contribution >= 4 is 29.2 Å². The van der Waals surface area contributed by atoms with Gasteiger partial charge in [-0.2, -0.15) is 4.39 Å². The molecule has 1 amide bonds. The second-order valence-electron chi connectivity index (χ2n) is 6.06. The summed E-state index contributed by atoms with van der Waals surface area (Å²) in [5.74, 6) is -2.47. The van der Waals surface area contributed by atoms with Gasteiger partial charge < -0.3 is 14.0 Å². The van der Waals surface area contributed by atoms with Gasteiger partial charge in [-0.05, 0) is 24.8 Å². The average Bonchev–Trinajstić information content (AvgIpc) is 3.22. The smallest absolute Gasteiger partial charge is 0.416 e. The van der Waals surface area contributed by atoms with Crippen LogP contribution in [0.2, 0.25) is 0 Å². The summed E-state index contributed by atoms with van der Waals surface area (Å²) in [6.07, 6.45) is 1.06. The SMILES string of the molecule is O=Cc1cc2c(N3C(=O)OCC3C3CCOCC3)noc2c(F)c1F. The number of nitrogens with zero attached hydrogens (tertiary/aromatic N) is 2. The summed E-state index contributed by atoms with van der Waals surface area (Å²) in [6, 6.07) is 0.816. The maximum absolute atomic E-state index is 14.1. The Balaban J connectivity index is 1.80. The minimum absolute atomic E-state index is 0.0241. The number of fused-ring (bicyclic) bond motifs is 1. The molecule has 25 heavy (non-hydrogen) atoms. The third-order valence-electron chi connectivity index (χ3n) is 4.73. The summed E-state index contributed by atoms with van der Waals surface area (Å²) < 4.78 is 43.2. The van der Waals surface area contributed by atoms with E-state index in [1.807, 2.05) is 0 Å². The Morgan fingerprint density at radius 3 is 2.72 bits per heavy atom. The van der Waals surface area contributed by atoms with Crippen LogP contribution in [-0.4, -0.2) is 43.4 Å². The molecule has 132 valence electrons. The predicted molar refractivity (Wildman–Crippen MR) is 80.5 cm³/mol. The van der Waals surface area contributed by atoms with E-state index in [0.717, 1.165) is 18.9 Å². The van der Waals surface area contributed by atoms with E-state index in [2.05, 4.69) is 5.16 Å². The van der Waals surface area contributed by atoms with Crippen molar-refractivity contribution in [3.8, 4) is 0 Å². The molecule has 2 aliphatic heterocycles. The highest BCUT2D eigenvalue weighted by Gasteiger charge is 2.42. The van der Waals surface area contributed by atoms with Crippen molar-refractivity contribution in [1.82, 2.24) is 5.16 Å². The molecule has 1 aromatic carbocycles. The number of hydrogen-bond donors (Lipinski definition) is 0. The summed E-state index contributed by atoms with van der Waals surface area (Å²) in [4.78, 5) is 24.5. The van der Waals surface area contributed by atoms with Crippen molar-refractivity contribution in [2.24, 2.45) is 5.92 Å².